The van der Waals surface area contributed by atoms with Gasteiger partial charge in [-0.1, -0.05) is 11.6 Å². The number of halogens is 1. The molecule has 1 aromatic rings. The van der Waals surface area contributed by atoms with E-state index < -0.39 is 5.41 Å². The molecule has 4 aliphatic carbocycles. The average Bonchev–Trinajstić information content (AvgIpc) is 2.96. The predicted molar refractivity (Wildman–Crippen MR) is 98.3 cm³/mol. The Balaban J connectivity index is 1.47. The number of Topliss-reactive ketones (excluding diaryl/α,β-unsaturated/α-hetero) is 1. The molecule has 5 rings (SSSR count). The minimum absolute atomic E-state index is 0.0415. The highest BCUT2D eigenvalue weighted by molar-refractivity contribution is 7.18. The molecule has 140 valence electrons. The van der Waals surface area contributed by atoms with Gasteiger partial charge in [0.15, 0.2) is 6.61 Å². The van der Waals surface area contributed by atoms with Crippen LogP contribution in [0.2, 0.25) is 4.34 Å². The molecule has 26 heavy (non-hydrogen) atoms. The molecule has 0 aromatic carbocycles. The third-order valence-corrected chi connectivity index (χ3v) is 7.39. The molecule has 0 radical (unpaired) electrons. The molecule has 2 atom stereocenters. The van der Waals surface area contributed by atoms with Crippen molar-refractivity contribution in [1.29, 1.82) is 0 Å². The van der Waals surface area contributed by atoms with Gasteiger partial charge in [0.05, 0.1) is 14.6 Å². The van der Waals surface area contributed by atoms with Gasteiger partial charge in [-0.25, -0.2) is 0 Å². The SMILES string of the molecule is CC(=O)NC12CC3CC(C1)CC(C(=O)OCC(=O)c1ccc(Cl)s1)(C3)C2. The molecular formula is C19H22ClNO4S. The van der Waals surface area contributed by atoms with Gasteiger partial charge in [0, 0.05) is 12.5 Å². The topological polar surface area (TPSA) is 72.5 Å². The van der Waals surface area contributed by atoms with Gasteiger partial charge >= 0.3 is 5.97 Å². The molecule has 1 heterocycles. The maximum Gasteiger partial charge on any atom is 0.312 e. The molecule has 4 bridgehead atoms. The van der Waals surface area contributed by atoms with Gasteiger partial charge in [0.25, 0.3) is 0 Å². The van der Waals surface area contributed by atoms with Crippen LogP contribution in [0.15, 0.2) is 12.1 Å². The van der Waals surface area contributed by atoms with Gasteiger partial charge in [-0.2, -0.15) is 0 Å². The van der Waals surface area contributed by atoms with Crippen molar-refractivity contribution in [2.75, 3.05) is 6.61 Å². The van der Waals surface area contributed by atoms with Crippen LogP contribution in [-0.2, 0) is 14.3 Å². The Labute approximate surface area is 161 Å². The molecule has 5 nitrogen and oxygen atoms in total. The maximum absolute atomic E-state index is 13.0. The third-order valence-electron chi connectivity index (χ3n) is 6.12. The van der Waals surface area contributed by atoms with Gasteiger partial charge in [0.2, 0.25) is 11.7 Å². The lowest BCUT2D eigenvalue weighted by atomic mass is 9.47. The lowest BCUT2D eigenvalue weighted by Crippen LogP contribution is -2.64. The van der Waals surface area contributed by atoms with Crippen molar-refractivity contribution in [3.05, 3.63) is 21.3 Å². The van der Waals surface area contributed by atoms with Crippen LogP contribution in [0, 0.1) is 17.3 Å². The largest absolute Gasteiger partial charge is 0.457 e. The summed E-state index contributed by atoms with van der Waals surface area (Å²) in [6, 6.07) is 3.32. The Morgan fingerprint density at radius 2 is 1.92 bits per heavy atom. The molecule has 1 amide bonds. The third kappa shape index (κ3) is 3.18. The van der Waals surface area contributed by atoms with E-state index in [0.29, 0.717) is 27.5 Å². The Bertz CT molecular complexity index is 759. The zero-order valence-electron chi connectivity index (χ0n) is 14.7. The van der Waals surface area contributed by atoms with E-state index >= 15 is 0 Å². The van der Waals surface area contributed by atoms with E-state index in [0.717, 1.165) is 32.1 Å². The van der Waals surface area contributed by atoms with Gasteiger partial charge in [0.1, 0.15) is 0 Å². The minimum Gasteiger partial charge on any atom is -0.457 e. The zero-order chi connectivity index (χ0) is 18.5. The van der Waals surface area contributed by atoms with E-state index in [1.54, 1.807) is 12.1 Å². The summed E-state index contributed by atoms with van der Waals surface area (Å²) < 4.78 is 6.00. The first-order valence-corrected chi connectivity index (χ1v) is 10.2. The number of amides is 1. The monoisotopic (exact) mass is 395 g/mol. The van der Waals surface area contributed by atoms with Crippen molar-refractivity contribution in [2.24, 2.45) is 17.3 Å². The van der Waals surface area contributed by atoms with Crippen LogP contribution in [0.3, 0.4) is 0 Å². The number of esters is 1. The van der Waals surface area contributed by atoms with Crippen LogP contribution in [0.5, 0.6) is 0 Å². The summed E-state index contributed by atoms with van der Waals surface area (Å²) in [5.41, 5.74) is -0.833. The van der Waals surface area contributed by atoms with Crippen molar-refractivity contribution in [1.82, 2.24) is 5.32 Å². The Morgan fingerprint density at radius 3 is 2.50 bits per heavy atom. The summed E-state index contributed by atoms with van der Waals surface area (Å²) in [6.45, 7) is 1.29. The summed E-state index contributed by atoms with van der Waals surface area (Å²) in [6.07, 6.45) is 5.27. The highest BCUT2D eigenvalue weighted by Crippen LogP contribution is 2.62. The number of carbonyl (C=O) groups excluding carboxylic acids is 3. The number of carbonyl (C=O) groups is 3. The number of ether oxygens (including phenoxy) is 1. The lowest BCUT2D eigenvalue weighted by molar-refractivity contribution is -0.174. The fourth-order valence-electron chi connectivity index (χ4n) is 5.84. The number of rotatable bonds is 5. The van der Waals surface area contributed by atoms with Crippen LogP contribution in [0.4, 0.5) is 0 Å². The van der Waals surface area contributed by atoms with Crippen LogP contribution in [-0.4, -0.2) is 29.8 Å². The summed E-state index contributed by atoms with van der Waals surface area (Å²) in [5, 5.41) is 3.13. The molecule has 0 aliphatic heterocycles. The van der Waals surface area contributed by atoms with Crippen molar-refractivity contribution in [2.45, 2.75) is 51.0 Å². The number of thiophene rings is 1. The zero-order valence-corrected chi connectivity index (χ0v) is 16.3. The highest BCUT2D eigenvalue weighted by Gasteiger charge is 2.61. The molecule has 0 saturated heterocycles. The van der Waals surface area contributed by atoms with Gasteiger partial charge in [-0.05, 0) is 62.5 Å². The highest BCUT2D eigenvalue weighted by atomic mass is 35.5. The fraction of sp³-hybridized carbons (Fsp3) is 0.632. The number of nitrogens with one attached hydrogen (secondary N) is 1. The second-order valence-corrected chi connectivity index (χ2v) is 10.0. The second-order valence-electron chi connectivity index (χ2n) is 8.31. The van der Waals surface area contributed by atoms with Gasteiger partial charge < -0.3 is 10.1 Å². The number of hydrogen-bond donors (Lipinski definition) is 1. The Kier molecular flexibility index (Phi) is 4.39. The molecule has 4 aliphatic rings. The summed E-state index contributed by atoms with van der Waals surface area (Å²) in [5.74, 6) is 0.346. The van der Waals surface area contributed by atoms with Crippen molar-refractivity contribution >= 4 is 40.6 Å². The van der Waals surface area contributed by atoms with Crippen molar-refractivity contribution in [3.63, 3.8) is 0 Å². The molecule has 1 aromatic heterocycles. The Hall–Kier alpha value is -1.40. The van der Waals surface area contributed by atoms with E-state index in [-0.39, 0.29) is 29.8 Å². The van der Waals surface area contributed by atoms with Crippen LogP contribution < -0.4 is 5.32 Å². The fourth-order valence-corrected chi connectivity index (χ4v) is 6.81. The predicted octanol–water partition coefficient (Wildman–Crippen LogP) is 3.60. The first kappa shape index (κ1) is 18.0. The molecule has 4 fully saturated rings. The molecule has 7 heteroatoms. The van der Waals surface area contributed by atoms with E-state index in [1.165, 1.54) is 18.3 Å². The summed E-state index contributed by atoms with van der Waals surface area (Å²) >= 11 is 7.05. The number of hydrogen-bond acceptors (Lipinski definition) is 5. The maximum atomic E-state index is 13.0. The van der Waals surface area contributed by atoms with Gasteiger partial charge in [-0.15, -0.1) is 11.3 Å². The van der Waals surface area contributed by atoms with Crippen LogP contribution in [0.25, 0.3) is 0 Å². The number of ketones is 1. The Morgan fingerprint density at radius 1 is 1.23 bits per heavy atom. The average molecular weight is 396 g/mol. The minimum atomic E-state index is -0.556. The van der Waals surface area contributed by atoms with Crippen molar-refractivity contribution < 1.29 is 19.1 Å². The molecule has 2 unspecified atom stereocenters. The first-order valence-electron chi connectivity index (χ1n) is 9.04. The summed E-state index contributed by atoms with van der Waals surface area (Å²) in [7, 11) is 0. The smallest absolute Gasteiger partial charge is 0.312 e. The van der Waals surface area contributed by atoms with Crippen molar-refractivity contribution in [3.8, 4) is 0 Å². The quantitative estimate of drug-likeness (QED) is 0.610. The van der Waals surface area contributed by atoms with E-state index in [1.807, 2.05) is 0 Å². The van der Waals surface area contributed by atoms with E-state index in [4.69, 9.17) is 16.3 Å². The summed E-state index contributed by atoms with van der Waals surface area (Å²) in [4.78, 5) is 37.4. The van der Waals surface area contributed by atoms with Crippen LogP contribution >= 0.6 is 22.9 Å². The lowest BCUT2D eigenvalue weighted by Gasteiger charge is -2.60. The normalized spacial score (nSPS) is 34.5. The van der Waals surface area contributed by atoms with Crippen LogP contribution in [0.1, 0.15) is 55.1 Å². The molecule has 1 N–H and O–H groups in total. The second kappa shape index (κ2) is 6.34. The standard InChI is InChI=1S/C19H22ClNO4S/c1-11(22)21-19-7-12-4-13(8-19)6-18(5-12,10-19)17(24)25-9-14(23)15-2-3-16(20)26-15/h2-3,12-13H,4-10H2,1H3,(H,21,22). The van der Waals surface area contributed by atoms with E-state index in [9.17, 15) is 14.4 Å². The molecule has 4 saturated carbocycles. The molecule has 0 spiro atoms. The van der Waals surface area contributed by atoms with E-state index in [2.05, 4.69) is 5.32 Å². The molecular weight excluding hydrogens is 374 g/mol. The first-order chi connectivity index (χ1) is 12.3. The van der Waals surface area contributed by atoms with Gasteiger partial charge in [-0.3, -0.25) is 14.4 Å².